The van der Waals surface area contributed by atoms with Crippen molar-refractivity contribution in [3.05, 3.63) is 65.0 Å². The molecule has 35 heavy (non-hydrogen) atoms. The molecule has 3 rings (SSSR count). The molecular weight excluding hydrogens is 469 g/mol. The highest BCUT2D eigenvalue weighted by atomic mass is 32.2. The van der Waals surface area contributed by atoms with Crippen LogP contribution in [0.25, 0.3) is 0 Å². The Hall–Kier alpha value is -2.94. The third kappa shape index (κ3) is 7.04. The van der Waals surface area contributed by atoms with Gasteiger partial charge < -0.3 is 10.2 Å². The second-order valence-corrected chi connectivity index (χ2v) is 11.3. The Labute approximate surface area is 207 Å². The smallest absolute Gasteiger partial charge is 0.244 e. The van der Waals surface area contributed by atoms with Crippen LogP contribution in [0, 0.1) is 19.7 Å². The van der Waals surface area contributed by atoms with Crippen molar-refractivity contribution in [3.8, 4) is 0 Å². The summed E-state index contributed by atoms with van der Waals surface area (Å²) in [4.78, 5) is 27.9. The number of rotatable bonds is 9. The molecule has 2 amide bonds. The number of halogens is 1. The van der Waals surface area contributed by atoms with Gasteiger partial charge >= 0.3 is 0 Å². The highest BCUT2D eigenvalue weighted by Gasteiger charge is 2.31. The summed E-state index contributed by atoms with van der Waals surface area (Å²) in [7, 11) is -3.78. The number of carbonyl (C=O) groups excluding carboxylic acids is 2. The first-order valence-electron chi connectivity index (χ1n) is 11.8. The summed E-state index contributed by atoms with van der Waals surface area (Å²) in [5, 5.41) is 3.01. The average molecular weight is 504 g/mol. The monoisotopic (exact) mass is 503 g/mol. The second kappa shape index (κ2) is 11.2. The number of hydrogen-bond acceptors (Lipinski definition) is 4. The van der Waals surface area contributed by atoms with E-state index in [4.69, 9.17) is 0 Å². The van der Waals surface area contributed by atoms with Crippen molar-refractivity contribution in [2.75, 3.05) is 17.1 Å². The molecule has 190 valence electrons. The van der Waals surface area contributed by atoms with Crippen molar-refractivity contribution in [2.45, 2.75) is 65.1 Å². The molecule has 0 aliphatic heterocycles. The number of nitrogens with one attached hydrogen (secondary N) is 1. The van der Waals surface area contributed by atoms with E-state index >= 15 is 0 Å². The molecular formula is C26H34FN3O4S. The van der Waals surface area contributed by atoms with E-state index in [0.717, 1.165) is 47.4 Å². The third-order valence-corrected chi connectivity index (χ3v) is 7.73. The van der Waals surface area contributed by atoms with Crippen LogP contribution in [0.3, 0.4) is 0 Å². The number of nitrogens with zero attached hydrogens (tertiary/aromatic N) is 2. The zero-order valence-corrected chi connectivity index (χ0v) is 21.6. The molecule has 2 aromatic rings. The van der Waals surface area contributed by atoms with Crippen LogP contribution in [0.15, 0.2) is 42.5 Å². The van der Waals surface area contributed by atoms with Crippen molar-refractivity contribution in [3.63, 3.8) is 0 Å². The molecule has 1 N–H and O–H groups in total. The van der Waals surface area contributed by atoms with E-state index in [1.54, 1.807) is 37.3 Å². The number of anilines is 1. The summed E-state index contributed by atoms with van der Waals surface area (Å²) < 4.78 is 39.8. The van der Waals surface area contributed by atoms with Gasteiger partial charge in [0.2, 0.25) is 21.8 Å². The second-order valence-electron chi connectivity index (χ2n) is 9.35. The number of hydrogen-bond donors (Lipinski definition) is 1. The first-order chi connectivity index (χ1) is 16.5. The molecule has 2 aromatic carbocycles. The summed E-state index contributed by atoms with van der Waals surface area (Å²) in [5.41, 5.74) is 2.92. The SMILES string of the molecule is Cc1ccc(N(CC(=O)N(Cc2ccc(F)cc2)C(C)C(=O)NC2CCCC2)S(C)(=O)=O)cc1C. The number of aryl methyl sites for hydroxylation is 2. The molecule has 7 nitrogen and oxygen atoms in total. The molecule has 1 aliphatic carbocycles. The molecule has 0 saturated heterocycles. The first kappa shape index (κ1) is 26.7. The zero-order chi connectivity index (χ0) is 25.8. The molecule has 1 unspecified atom stereocenters. The lowest BCUT2D eigenvalue weighted by Gasteiger charge is -2.32. The average Bonchev–Trinajstić information content (AvgIpc) is 3.30. The summed E-state index contributed by atoms with van der Waals surface area (Å²) in [6.45, 7) is 5.01. The molecule has 1 atom stereocenters. The van der Waals surface area contributed by atoms with E-state index in [1.165, 1.54) is 17.0 Å². The van der Waals surface area contributed by atoms with Crippen LogP contribution in [0.1, 0.15) is 49.3 Å². The van der Waals surface area contributed by atoms with Crippen LogP contribution in [-0.4, -0.2) is 50.0 Å². The fourth-order valence-corrected chi connectivity index (χ4v) is 5.10. The maximum atomic E-state index is 13.5. The molecule has 1 aliphatic rings. The molecule has 0 spiro atoms. The fraction of sp³-hybridized carbons (Fsp3) is 0.462. The van der Waals surface area contributed by atoms with E-state index in [0.29, 0.717) is 11.3 Å². The van der Waals surface area contributed by atoms with Gasteiger partial charge in [-0.05, 0) is 74.6 Å². The number of carbonyl (C=O) groups is 2. The van der Waals surface area contributed by atoms with Crippen LogP contribution in [0.4, 0.5) is 10.1 Å². The maximum absolute atomic E-state index is 13.5. The van der Waals surface area contributed by atoms with Gasteiger partial charge in [0.1, 0.15) is 18.4 Å². The summed E-state index contributed by atoms with van der Waals surface area (Å²) in [5.74, 6) is -1.21. The third-order valence-electron chi connectivity index (χ3n) is 6.59. The fourth-order valence-electron chi connectivity index (χ4n) is 4.26. The van der Waals surface area contributed by atoms with Gasteiger partial charge in [0.25, 0.3) is 0 Å². The molecule has 9 heteroatoms. The lowest BCUT2D eigenvalue weighted by Crippen LogP contribution is -2.52. The number of benzene rings is 2. The van der Waals surface area contributed by atoms with Gasteiger partial charge in [0, 0.05) is 12.6 Å². The van der Waals surface area contributed by atoms with Crippen LogP contribution in [-0.2, 0) is 26.2 Å². The Morgan fingerprint density at radius 2 is 1.69 bits per heavy atom. The van der Waals surface area contributed by atoms with E-state index in [9.17, 15) is 22.4 Å². The minimum absolute atomic E-state index is 0.0445. The molecule has 0 bridgehead atoms. The molecule has 1 fully saturated rings. The Kier molecular flexibility index (Phi) is 8.53. The van der Waals surface area contributed by atoms with Crippen molar-refractivity contribution in [1.29, 1.82) is 0 Å². The van der Waals surface area contributed by atoms with Crippen molar-refractivity contribution >= 4 is 27.5 Å². The van der Waals surface area contributed by atoms with Gasteiger partial charge in [0.05, 0.1) is 11.9 Å². The van der Waals surface area contributed by atoms with Crippen molar-refractivity contribution < 1.29 is 22.4 Å². The normalized spacial score (nSPS) is 15.0. The Balaban J connectivity index is 1.88. The van der Waals surface area contributed by atoms with Crippen molar-refractivity contribution in [2.24, 2.45) is 0 Å². The number of sulfonamides is 1. The summed E-state index contributed by atoms with van der Waals surface area (Å²) >= 11 is 0. The first-order valence-corrected chi connectivity index (χ1v) is 13.7. The van der Waals surface area contributed by atoms with Crippen LogP contribution < -0.4 is 9.62 Å². The van der Waals surface area contributed by atoms with Crippen LogP contribution in [0.5, 0.6) is 0 Å². The zero-order valence-electron chi connectivity index (χ0n) is 20.8. The topological polar surface area (TPSA) is 86.8 Å². The predicted octanol–water partition coefficient (Wildman–Crippen LogP) is 3.68. The van der Waals surface area contributed by atoms with Gasteiger partial charge in [-0.25, -0.2) is 12.8 Å². The minimum atomic E-state index is -3.78. The predicted molar refractivity (Wildman–Crippen MR) is 135 cm³/mol. The van der Waals surface area contributed by atoms with E-state index in [1.807, 2.05) is 13.8 Å². The van der Waals surface area contributed by atoms with Gasteiger partial charge in [0.15, 0.2) is 0 Å². The highest BCUT2D eigenvalue weighted by molar-refractivity contribution is 7.92. The van der Waals surface area contributed by atoms with E-state index in [-0.39, 0.29) is 18.5 Å². The highest BCUT2D eigenvalue weighted by Crippen LogP contribution is 2.23. The van der Waals surface area contributed by atoms with Gasteiger partial charge in [-0.1, -0.05) is 31.0 Å². The van der Waals surface area contributed by atoms with Gasteiger partial charge in [-0.15, -0.1) is 0 Å². The van der Waals surface area contributed by atoms with Gasteiger partial charge in [-0.3, -0.25) is 13.9 Å². The largest absolute Gasteiger partial charge is 0.352 e. The minimum Gasteiger partial charge on any atom is -0.352 e. The lowest BCUT2D eigenvalue weighted by atomic mass is 10.1. The van der Waals surface area contributed by atoms with E-state index in [2.05, 4.69) is 5.32 Å². The maximum Gasteiger partial charge on any atom is 0.244 e. The van der Waals surface area contributed by atoms with Crippen molar-refractivity contribution in [1.82, 2.24) is 10.2 Å². The summed E-state index contributed by atoms with van der Waals surface area (Å²) in [6.07, 6.45) is 4.96. The Morgan fingerprint density at radius 1 is 1.06 bits per heavy atom. The van der Waals surface area contributed by atoms with Crippen LogP contribution in [0.2, 0.25) is 0 Å². The molecule has 1 saturated carbocycles. The van der Waals surface area contributed by atoms with Gasteiger partial charge in [-0.2, -0.15) is 0 Å². The summed E-state index contributed by atoms with van der Waals surface area (Å²) in [6, 6.07) is 10.1. The number of amides is 2. The Morgan fingerprint density at radius 3 is 2.26 bits per heavy atom. The quantitative estimate of drug-likeness (QED) is 0.566. The van der Waals surface area contributed by atoms with Crippen LogP contribution >= 0.6 is 0 Å². The standard InChI is InChI=1S/C26H34FN3O4S/c1-18-9-14-24(15-19(18)2)30(35(4,33)34)17-25(31)29(16-21-10-12-22(27)13-11-21)20(3)26(32)28-23-7-5-6-8-23/h9-15,20,23H,5-8,16-17H2,1-4H3,(H,28,32). The Bertz CT molecular complexity index is 1160. The lowest BCUT2D eigenvalue weighted by molar-refractivity contribution is -0.139. The molecule has 0 radical (unpaired) electrons. The molecule has 0 heterocycles. The molecule has 0 aromatic heterocycles. The van der Waals surface area contributed by atoms with E-state index < -0.39 is 34.3 Å².